The van der Waals surface area contributed by atoms with Crippen molar-refractivity contribution in [3.63, 3.8) is 0 Å². The molecule has 0 unspecified atom stereocenters. The summed E-state index contributed by atoms with van der Waals surface area (Å²) in [5.41, 5.74) is 0.176. The lowest BCUT2D eigenvalue weighted by molar-refractivity contribution is 0.0534. The van der Waals surface area contributed by atoms with Crippen LogP contribution in [-0.2, 0) is 4.74 Å². The maximum absolute atomic E-state index is 12.3. The molecule has 1 amide bonds. The smallest absolute Gasteiger partial charge is 0.407 e. The summed E-state index contributed by atoms with van der Waals surface area (Å²) < 4.78 is 5.15. The Bertz CT molecular complexity index is 727. The standard InChI is InChI=1S/C19H21NO3S/c1-19(2,3)23-18(22)20-13-7-10-15-11-12-16(24-15)17(21)14-8-5-4-6-9-14/h4-12H,13H2,1-3H3,(H,20,22)/b10-7+. The van der Waals surface area contributed by atoms with Crippen LogP contribution in [0.3, 0.4) is 0 Å². The van der Waals surface area contributed by atoms with Gasteiger partial charge in [0.05, 0.1) is 4.88 Å². The molecule has 126 valence electrons. The van der Waals surface area contributed by atoms with Crippen molar-refractivity contribution in [3.05, 3.63) is 63.9 Å². The Hall–Kier alpha value is -2.40. The quantitative estimate of drug-likeness (QED) is 0.812. The fourth-order valence-corrected chi connectivity index (χ4v) is 2.83. The summed E-state index contributed by atoms with van der Waals surface area (Å²) in [5, 5.41) is 2.65. The number of alkyl carbamates (subject to hydrolysis) is 1. The second-order valence-corrected chi connectivity index (χ2v) is 7.30. The Morgan fingerprint density at radius 1 is 1.12 bits per heavy atom. The summed E-state index contributed by atoms with van der Waals surface area (Å²) in [6.45, 7) is 5.83. The molecular formula is C19H21NO3S. The van der Waals surface area contributed by atoms with Crippen molar-refractivity contribution < 1.29 is 14.3 Å². The van der Waals surface area contributed by atoms with Crippen molar-refractivity contribution in [1.82, 2.24) is 5.32 Å². The molecule has 0 radical (unpaired) electrons. The highest BCUT2D eigenvalue weighted by Crippen LogP contribution is 2.21. The van der Waals surface area contributed by atoms with Crippen LogP contribution in [0.1, 0.15) is 40.9 Å². The van der Waals surface area contributed by atoms with Crippen LogP contribution < -0.4 is 5.32 Å². The molecule has 1 aromatic heterocycles. The molecule has 0 saturated carbocycles. The van der Waals surface area contributed by atoms with Crippen LogP contribution in [0.15, 0.2) is 48.5 Å². The van der Waals surface area contributed by atoms with E-state index in [1.54, 1.807) is 0 Å². The molecular weight excluding hydrogens is 322 g/mol. The number of thiophene rings is 1. The van der Waals surface area contributed by atoms with Crippen LogP contribution in [0.2, 0.25) is 0 Å². The van der Waals surface area contributed by atoms with Crippen LogP contribution >= 0.6 is 11.3 Å². The van der Waals surface area contributed by atoms with E-state index in [1.807, 2.05) is 75.4 Å². The van der Waals surface area contributed by atoms with Crippen molar-refractivity contribution in [2.24, 2.45) is 0 Å². The molecule has 4 nitrogen and oxygen atoms in total. The molecule has 0 fully saturated rings. The second kappa shape index (κ2) is 7.93. The van der Waals surface area contributed by atoms with Crippen molar-refractivity contribution in [3.8, 4) is 0 Å². The second-order valence-electron chi connectivity index (χ2n) is 6.18. The predicted molar refractivity (Wildman–Crippen MR) is 97.5 cm³/mol. The number of benzene rings is 1. The van der Waals surface area contributed by atoms with E-state index in [1.165, 1.54) is 11.3 Å². The van der Waals surface area contributed by atoms with Gasteiger partial charge in [0.2, 0.25) is 5.78 Å². The molecule has 0 atom stereocenters. The molecule has 1 heterocycles. The Morgan fingerprint density at radius 2 is 1.83 bits per heavy atom. The van der Waals surface area contributed by atoms with Crippen molar-refractivity contribution in [2.75, 3.05) is 6.54 Å². The normalized spacial score (nSPS) is 11.5. The number of ether oxygens (including phenoxy) is 1. The third-order valence-corrected chi connectivity index (χ3v) is 3.98. The zero-order valence-corrected chi connectivity index (χ0v) is 14.9. The molecule has 5 heteroatoms. The third-order valence-electron chi connectivity index (χ3n) is 2.93. The van der Waals surface area contributed by atoms with Crippen molar-refractivity contribution >= 4 is 29.3 Å². The predicted octanol–water partition coefficient (Wildman–Crippen LogP) is 4.52. The molecule has 0 aliphatic heterocycles. The summed E-state index contributed by atoms with van der Waals surface area (Å²) in [6, 6.07) is 12.9. The van der Waals surface area contributed by atoms with Crippen molar-refractivity contribution in [1.29, 1.82) is 0 Å². The van der Waals surface area contributed by atoms with Crippen LogP contribution in [0, 0.1) is 0 Å². The SMILES string of the molecule is CC(C)(C)OC(=O)NC/C=C/c1ccc(C(=O)c2ccccc2)s1. The molecule has 0 aliphatic rings. The minimum atomic E-state index is -0.506. The lowest BCUT2D eigenvalue weighted by atomic mass is 10.1. The van der Waals surface area contributed by atoms with Gasteiger partial charge in [-0.25, -0.2) is 4.79 Å². The summed E-state index contributed by atoms with van der Waals surface area (Å²) >= 11 is 1.42. The lowest BCUT2D eigenvalue weighted by Crippen LogP contribution is -2.32. The average Bonchev–Trinajstić information content (AvgIpc) is 2.99. The molecule has 0 spiro atoms. The molecule has 0 saturated heterocycles. The fraction of sp³-hybridized carbons (Fsp3) is 0.263. The molecule has 2 aromatic rings. The fourth-order valence-electron chi connectivity index (χ4n) is 1.93. The first-order valence-corrected chi connectivity index (χ1v) is 8.50. The van der Waals surface area contributed by atoms with Gasteiger partial charge < -0.3 is 10.1 Å². The van der Waals surface area contributed by atoms with Gasteiger partial charge in [-0.3, -0.25) is 4.79 Å². The number of ketones is 1. The Balaban J connectivity index is 1.88. The van der Waals surface area contributed by atoms with Crippen LogP contribution in [0.25, 0.3) is 6.08 Å². The van der Waals surface area contributed by atoms with E-state index in [0.717, 1.165) is 4.88 Å². The number of hydrogen-bond acceptors (Lipinski definition) is 4. The van der Waals surface area contributed by atoms with E-state index in [0.29, 0.717) is 17.0 Å². The first-order chi connectivity index (χ1) is 11.3. The van der Waals surface area contributed by atoms with Crippen LogP contribution in [0.4, 0.5) is 4.79 Å². The first-order valence-electron chi connectivity index (χ1n) is 7.68. The zero-order chi connectivity index (χ0) is 17.6. The zero-order valence-electron chi connectivity index (χ0n) is 14.0. The van der Waals surface area contributed by atoms with Gasteiger partial charge in [-0.15, -0.1) is 11.3 Å². The molecule has 1 N–H and O–H groups in total. The van der Waals surface area contributed by atoms with E-state index in [4.69, 9.17) is 4.74 Å². The highest BCUT2D eigenvalue weighted by molar-refractivity contribution is 7.15. The topological polar surface area (TPSA) is 55.4 Å². The first kappa shape index (κ1) is 17.9. The summed E-state index contributed by atoms with van der Waals surface area (Å²) in [4.78, 5) is 25.5. The van der Waals surface area contributed by atoms with Gasteiger partial charge in [-0.1, -0.05) is 36.4 Å². The highest BCUT2D eigenvalue weighted by Gasteiger charge is 2.15. The monoisotopic (exact) mass is 343 g/mol. The van der Waals surface area contributed by atoms with E-state index in [-0.39, 0.29) is 5.78 Å². The van der Waals surface area contributed by atoms with Crippen molar-refractivity contribution in [2.45, 2.75) is 26.4 Å². The number of amides is 1. The van der Waals surface area contributed by atoms with Gasteiger partial charge in [0, 0.05) is 17.0 Å². The van der Waals surface area contributed by atoms with E-state index >= 15 is 0 Å². The average molecular weight is 343 g/mol. The van der Waals surface area contributed by atoms with E-state index in [2.05, 4.69) is 5.32 Å². The lowest BCUT2D eigenvalue weighted by Gasteiger charge is -2.19. The minimum Gasteiger partial charge on any atom is -0.444 e. The van der Waals surface area contributed by atoms with E-state index in [9.17, 15) is 9.59 Å². The van der Waals surface area contributed by atoms with Gasteiger partial charge in [-0.05, 0) is 39.0 Å². The summed E-state index contributed by atoms with van der Waals surface area (Å²) in [7, 11) is 0. The molecule has 24 heavy (non-hydrogen) atoms. The number of nitrogens with one attached hydrogen (secondary N) is 1. The number of carbonyl (C=O) groups is 2. The molecule has 2 rings (SSSR count). The maximum atomic E-state index is 12.3. The Kier molecular flexibility index (Phi) is 5.93. The third kappa shape index (κ3) is 5.66. The number of hydrogen-bond donors (Lipinski definition) is 1. The van der Waals surface area contributed by atoms with Gasteiger partial charge in [0.15, 0.2) is 0 Å². The van der Waals surface area contributed by atoms with Gasteiger partial charge >= 0.3 is 6.09 Å². The van der Waals surface area contributed by atoms with E-state index < -0.39 is 11.7 Å². The molecule has 0 bridgehead atoms. The molecule has 1 aromatic carbocycles. The minimum absolute atomic E-state index is 0.0205. The van der Waals surface area contributed by atoms with Crippen LogP contribution in [-0.4, -0.2) is 24.0 Å². The Labute approximate surface area is 146 Å². The number of rotatable bonds is 5. The van der Waals surface area contributed by atoms with Gasteiger partial charge in [0.1, 0.15) is 5.60 Å². The maximum Gasteiger partial charge on any atom is 0.407 e. The highest BCUT2D eigenvalue weighted by atomic mass is 32.1. The van der Waals surface area contributed by atoms with Crippen LogP contribution in [0.5, 0.6) is 0 Å². The van der Waals surface area contributed by atoms with Gasteiger partial charge in [0.25, 0.3) is 0 Å². The summed E-state index contributed by atoms with van der Waals surface area (Å²) in [5.74, 6) is 0.0205. The summed E-state index contributed by atoms with van der Waals surface area (Å²) in [6.07, 6.45) is 3.26. The van der Waals surface area contributed by atoms with Gasteiger partial charge in [-0.2, -0.15) is 0 Å². The molecule has 0 aliphatic carbocycles. The largest absolute Gasteiger partial charge is 0.444 e. The number of carbonyl (C=O) groups excluding carboxylic acids is 2. The Morgan fingerprint density at radius 3 is 2.50 bits per heavy atom.